The molecule has 1 aromatic rings. The van der Waals surface area contributed by atoms with E-state index in [2.05, 4.69) is 4.98 Å². The van der Waals surface area contributed by atoms with Crippen LogP contribution in [-0.4, -0.2) is 24.5 Å². The normalized spacial score (nSPS) is 20.6. The number of ketones is 1. The van der Waals surface area contributed by atoms with Gasteiger partial charge >= 0.3 is 0 Å². The minimum absolute atomic E-state index is 0.196. The number of nitrogens with zero attached hydrogens (tertiary/aromatic N) is 1. The summed E-state index contributed by atoms with van der Waals surface area (Å²) in [4.78, 5) is 15.9. The van der Waals surface area contributed by atoms with Gasteiger partial charge in [-0.1, -0.05) is 0 Å². The number of hydrogen-bond donors (Lipinski definition) is 0. The lowest BCUT2D eigenvalue weighted by molar-refractivity contribution is 0.0882. The second-order valence-corrected chi connectivity index (χ2v) is 3.65. The summed E-state index contributed by atoms with van der Waals surface area (Å²) in [5, 5.41) is 0. The van der Waals surface area contributed by atoms with E-state index in [-0.39, 0.29) is 5.78 Å². The molecular formula is C11H13NO2. The third-order valence-electron chi connectivity index (χ3n) is 2.55. The average Bonchev–Trinajstić information content (AvgIpc) is 2.18. The smallest absolute Gasteiger partial charge is 0.165 e. The molecule has 0 radical (unpaired) electrons. The van der Waals surface area contributed by atoms with Crippen molar-refractivity contribution in [2.45, 2.75) is 12.8 Å². The molecule has 0 spiro atoms. The largest absolute Gasteiger partial charge is 0.384 e. The van der Waals surface area contributed by atoms with Crippen LogP contribution in [0.3, 0.4) is 0 Å². The van der Waals surface area contributed by atoms with Gasteiger partial charge in [-0.15, -0.1) is 0 Å². The molecule has 0 fully saturated rings. The van der Waals surface area contributed by atoms with Crippen LogP contribution in [0, 0.1) is 5.92 Å². The van der Waals surface area contributed by atoms with Gasteiger partial charge in [0.25, 0.3) is 0 Å². The number of pyridine rings is 1. The van der Waals surface area contributed by atoms with E-state index >= 15 is 0 Å². The number of ether oxygens (including phenoxy) is 1. The van der Waals surface area contributed by atoms with E-state index in [1.807, 2.05) is 12.1 Å². The highest BCUT2D eigenvalue weighted by molar-refractivity contribution is 5.98. The topological polar surface area (TPSA) is 39.2 Å². The van der Waals surface area contributed by atoms with E-state index in [1.54, 1.807) is 13.3 Å². The van der Waals surface area contributed by atoms with E-state index in [4.69, 9.17) is 4.74 Å². The Labute approximate surface area is 83.1 Å². The zero-order valence-corrected chi connectivity index (χ0v) is 8.19. The molecule has 0 amide bonds. The van der Waals surface area contributed by atoms with Crippen LogP contribution in [-0.2, 0) is 11.2 Å². The van der Waals surface area contributed by atoms with Crippen molar-refractivity contribution in [2.24, 2.45) is 5.92 Å². The summed E-state index contributed by atoms with van der Waals surface area (Å²) in [5.41, 5.74) is 1.71. The molecule has 14 heavy (non-hydrogen) atoms. The molecule has 3 nitrogen and oxygen atoms in total. The van der Waals surface area contributed by atoms with Gasteiger partial charge in [0.2, 0.25) is 0 Å². The number of Topliss-reactive ketones (excluding diaryl/α,β-unsaturated/α-hetero) is 1. The molecule has 0 saturated heterocycles. The first kappa shape index (κ1) is 9.34. The number of carbonyl (C=O) groups excluding carboxylic acids is 1. The van der Waals surface area contributed by atoms with E-state index in [0.29, 0.717) is 18.9 Å². The Balaban J connectivity index is 2.24. The maximum Gasteiger partial charge on any atom is 0.165 e. The Morgan fingerprint density at radius 1 is 1.57 bits per heavy atom. The molecule has 1 unspecified atom stereocenters. The van der Waals surface area contributed by atoms with Crippen LogP contribution in [0.5, 0.6) is 0 Å². The van der Waals surface area contributed by atoms with E-state index in [1.165, 1.54) is 0 Å². The first-order valence-electron chi connectivity index (χ1n) is 4.77. The molecule has 2 rings (SSSR count). The summed E-state index contributed by atoms with van der Waals surface area (Å²) in [6.07, 6.45) is 3.18. The average molecular weight is 191 g/mol. The quantitative estimate of drug-likeness (QED) is 0.710. The van der Waals surface area contributed by atoms with Crippen molar-refractivity contribution in [3.8, 4) is 0 Å². The van der Waals surface area contributed by atoms with Gasteiger partial charge in [-0.25, -0.2) is 0 Å². The Morgan fingerprint density at radius 2 is 2.43 bits per heavy atom. The number of fused-ring (bicyclic) bond motifs is 1. The van der Waals surface area contributed by atoms with E-state index in [9.17, 15) is 4.79 Å². The highest BCUT2D eigenvalue weighted by Gasteiger charge is 2.25. The first-order chi connectivity index (χ1) is 6.81. The van der Waals surface area contributed by atoms with Gasteiger partial charge in [0.1, 0.15) is 0 Å². The molecule has 1 heterocycles. The minimum Gasteiger partial charge on any atom is -0.384 e. The van der Waals surface area contributed by atoms with Crippen LogP contribution in [0.25, 0.3) is 0 Å². The van der Waals surface area contributed by atoms with Crippen LogP contribution in [0.15, 0.2) is 18.3 Å². The van der Waals surface area contributed by atoms with Gasteiger partial charge in [-0.05, 0) is 24.5 Å². The van der Waals surface area contributed by atoms with Gasteiger partial charge in [0, 0.05) is 31.9 Å². The number of methoxy groups -OCH3 is 1. The molecule has 74 valence electrons. The van der Waals surface area contributed by atoms with Crippen molar-refractivity contribution in [1.82, 2.24) is 4.98 Å². The van der Waals surface area contributed by atoms with Gasteiger partial charge < -0.3 is 4.74 Å². The predicted octanol–water partition coefficient (Wildman–Crippen LogP) is 1.47. The van der Waals surface area contributed by atoms with Crippen molar-refractivity contribution < 1.29 is 9.53 Å². The van der Waals surface area contributed by atoms with Crippen molar-refractivity contribution in [3.63, 3.8) is 0 Å². The molecular weight excluding hydrogens is 178 g/mol. The number of rotatable bonds is 2. The van der Waals surface area contributed by atoms with Crippen LogP contribution in [0.4, 0.5) is 0 Å². The first-order valence-corrected chi connectivity index (χ1v) is 4.77. The van der Waals surface area contributed by atoms with Gasteiger partial charge in [0.15, 0.2) is 5.78 Å². The lowest BCUT2D eigenvalue weighted by Crippen LogP contribution is -2.24. The molecule has 0 N–H and O–H groups in total. The third-order valence-corrected chi connectivity index (χ3v) is 2.55. The number of aromatic nitrogens is 1. The molecule has 1 atom stereocenters. The molecule has 0 bridgehead atoms. The number of hydrogen-bond acceptors (Lipinski definition) is 3. The summed E-state index contributed by atoms with van der Waals surface area (Å²) in [7, 11) is 1.67. The Kier molecular flexibility index (Phi) is 2.59. The van der Waals surface area contributed by atoms with Crippen LogP contribution in [0.2, 0.25) is 0 Å². The Hall–Kier alpha value is -1.22. The molecule has 0 aromatic carbocycles. The zero-order chi connectivity index (χ0) is 9.97. The molecule has 0 aliphatic heterocycles. The summed E-state index contributed by atoms with van der Waals surface area (Å²) in [6, 6.07) is 3.67. The van der Waals surface area contributed by atoms with Gasteiger partial charge in [0.05, 0.1) is 5.69 Å². The van der Waals surface area contributed by atoms with Gasteiger partial charge in [-0.2, -0.15) is 0 Å². The minimum atomic E-state index is 0.196. The molecule has 1 aliphatic carbocycles. The fourth-order valence-corrected chi connectivity index (χ4v) is 1.93. The highest BCUT2D eigenvalue weighted by Crippen LogP contribution is 2.23. The highest BCUT2D eigenvalue weighted by atomic mass is 16.5. The predicted molar refractivity (Wildman–Crippen MR) is 52.3 cm³/mol. The summed E-state index contributed by atoms with van der Waals surface area (Å²) in [6.45, 7) is 0.641. The summed E-state index contributed by atoms with van der Waals surface area (Å²) >= 11 is 0. The van der Waals surface area contributed by atoms with Gasteiger partial charge in [-0.3, -0.25) is 9.78 Å². The maximum atomic E-state index is 11.7. The Bertz CT molecular complexity index is 349. The van der Waals surface area contributed by atoms with Crippen LogP contribution < -0.4 is 0 Å². The fourth-order valence-electron chi connectivity index (χ4n) is 1.93. The molecule has 1 aliphatic rings. The van der Waals surface area contributed by atoms with Crippen molar-refractivity contribution in [1.29, 1.82) is 0 Å². The second kappa shape index (κ2) is 3.88. The van der Waals surface area contributed by atoms with Crippen molar-refractivity contribution >= 4 is 5.78 Å². The van der Waals surface area contributed by atoms with E-state index < -0.39 is 0 Å². The number of carbonyl (C=O) groups is 1. The SMILES string of the molecule is COCC1CC(=O)c2cccnc2C1. The third kappa shape index (κ3) is 1.68. The summed E-state index contributed by atoms with van der Waals surface area (Å²) < 4.78 is 5.06. The van der Waals surface area contributed by atoms with Crippen LogP contribution >= 0.6 is 0 Å². The summed E-state index contributed by atoms with van der Waals surface area (Å²) in [5.74, 6) is 0.497. The lowest BCUT2D eigenvalue weighted by atomic mass is 9.86. The Morgan fingerprint density at radius 3 is 3.21 bits per heavy atom. The molecule has 3 heteroatoms. The van der Waals surface area contributed by atoms with Crippen molar-refractivity contribution in [3.05, 3.63) is 29.6 Å². The van der Waals surface area contributed by atoms with Crippen LogP contribution in [0.1, 0.15) is 22.5 Å². The maximum absolute atomic E-state index is 11.7. The van der Waals surface area contributed by atoms with Crippen molar-refractivity contribution in [2.75, 3.05) is 13.7 Å². The zero-order valence-electron chi connectivity index (χ0n) is 8.19. The van der Waals surface area contributed by atoms with E-state index in [0.717, 1.165) is 17.7 Å². The molecule has 1 aromatic heterocycles. The standard InChI is InChI=1S/C11H13NO2/c1-14-7-8-5-10-9(11(13)6-8)3-2-4-12-10/h2-4,8H,5-7H2,1H3. The molecule has 0 saturated carbocycles. The fraction of sp³-hybridized carbons (Fsp3) is 0.455. The lowest BCUT2D eigenvalue weighted by Gasteiger charge is -2.21. The monoisotopic (exact) mass is 191 g/mol. The second-order valence-electron chi connectivity index (χ2n) is 3.65.